The zero-order chi connectivity index (χ0) is 46.3. The van der Waals surface area contributed by atoms with E-state index in [9.17, 15) is 29.4 Å². The van der Waals surface area contributed by atoms with E-state index in [2.05, 4.69) is 39.3 Å². The molecule has 0 amide bonds. The van der Waals surface area contributed by atoms with Gasteiger partial charge >= 0.3 is 11.9 Å². The number of hydrogen-bond acceptors (Lipinski definition) is 10. The number of Topliss-reactive ketones (excluding diaryl/α,β-unsaturated/α-hetero) is 2. The fourth-order valence-electron chi connectivity index (χ4n) is 8.32. The lowest BCUT2D eigenvalue weighted by Gasteiger charge is -2.23. The van der Waals surface area contributed by atoms with E-state index in [1.807, 2.05) is 60.7 Å². The maximum Gasteiger partial charge on any atom is 0.310 e. The van der Waals surface area contributed by atoms with Gasteiger partial charge in [-0.2, -0.15) is 0 Å². The van der Waals surface area contributed by atoms with Crippen molar-refractivity contribution in [2.45, 2.75) is 90.3 Å². The van der Waals surface area contributed by atoms with E-state index >= 15 is 0 Å². The third-order valence-electron chi connectivity index (χ3n) is 12.2. The molecule has 0 aliphatic heterocycles. The smallest absolute Gasteiger partial charge is 0.310 e. The molecule has 0 unspecified atom stereocenters. The number of carbonyl (C=O) groups excluding carboxylic acids is 4. The molecule has 0 aromatic heterocycles. The molecule has 0 radical (unpaired) electrons. The molecule has 2 saturated carbocycles. The second-order valence-electron chi connectivity index (χ2n) is 19.6. The van der Waals surface area contributed by atoms with Crippen LogP contribution in [0.2, 0.25) is 51.4 Å². The molecule has 0 bridgehead atoms. The van der Waals surface area contributed by atoms with Crippen molar-refractivity contribution >= 4 is 39.7 Å². The van der Waals surface area contributed by atoms with Crippen LogP contribution in [0.1, 0.15) is 57.5 Å². The second-order valence-corrected chi connectivity index (χ2v) is 30.8. The van der Waals surface area contributed by atoms with Crippen molar-refractivity contribution in [3.8, 4) is 11.5 Å². The van der Waals surface area contributed by atoms with E-state index in [0.29, 0.717) is 74.7 Å². The molecule has 2 aliphatic rings. The Morgan fingerprint density at radius 2 is 0.844 bits per heavy atom. The molecular weight excluding hydrogens is 841 g/mol. The van der Waals surface area contributed by atoms with Crippen LogP contribution in [0.3, 0.4) is 0 Å². The molecule has 344 valence electrons. The van der Waals surface area contributed by atoms with Crippen LogP contribution in [0.15, 0.2) is 109 Å². The molecule has 2 N–H and O–H groups in total. The average molecular weight is 909 g/mol. The molecule has 12 heteroatoms. The van der Waals surface area contributed by atoms with E-state index in [1.165, 1.54) is 0 Å². The summed E-state index contributed by atoms with van der Waals surface area (Å²) in [4.78, 5) is 52.1. The number of carbonyl (C=O) groups is 4. The van der Waals surface area contributed by atoms with E-state index < -0.39 is 39.8 Å². The molecule has 10 nitrogen and oxygen atoms in total. The Kier molecular flexibility index (Phi) is 18.7. The van der Waals surface area contributed by atoms with Gasteiger partial charge in [0.05, 0.1) is 25.0 Å². The van der Waals surface area contributed by atoms with Crippen LogP contribution in [0.5, 0.6) is 11.5 Å². The molecule has 64 heavy (non-hydrogen) atoms. The van der Waals surface area contributed by atoms with Crippen LogP contribution < -0.4 is 9.47 Å². The van der Waals surface area contributed by atoms with Gasteiger partial charge in [-0.15, -0.1) is 0 Å². The Labute approximate surface area is 381 Å². The Hall–Kier alpha value is -4.89. The predicted octanol–water partition coefficient (Wildman–Crippen LogP) is 9.93. The molecule has 2 aliphatic carbocycles. The number of ether oxygens (including phenoxy) is 4. The van der Waals surface area contributed by atoms with Gasteiger partial charge in [-0.1, -0.05) is 99.9 Å². The summed E-state index contributed by atoms with van der Waals surface area (Å²) in [6.07, 6.45) is 2.48. The third-order valence-corrected chi connectivity index (χ3v) is 15.6. The van der Waals surface area contributed by atoms with Crippen LogP contribution in [0.25, 0.3) is 0 Å². The molecule has 6 atom stereocenters. The standard InChI is InChI=1S/2C26H34O5Si/c2*1-32(2,3)16-15-30-26(29)24-21(17-27)11-14-23(24)25(28)20-9-12-22(13-10-20)31-18-19-7-5-4-6-8-19/h2*4-10,12-13,21,23-24,27H,11,14-18H2,1-3H3/t2*21-,23-,24-/m10/s1. The highest BCUT2D eigenvalue weighted by atomic mass is 28.3. The summed E-state index contributed by atoms with van der Waals surface area (Å²) < 4.78 is 22.7. The molecular formula is C52H68O10Si2. The summed E-state index contributed by atoms with van der Waals surface area (Å²) >= 11 is 0. The van der Waals surface area contributed by atoms with Crippen LogP contribution in [0.4, 0.5) is 0 Å². The molecule has 2 fully saturated rings. The Bertz CT molecular complexity index is 1930. The van der Waals surface area contributed by atoms with Crippen molar-refractivity contribution in [3.63, 3.8) is 0 Å². The number of esters is 2. The minimum atomic E-state index is -1.32. The van der Waals surface area contributed by atoms with Gasteiger partial charge in [-0.05, 0) is 109 Å². The Morgan fingerprint density at radius 1 is 0.500 bits per heavy atom. The minimum absolute atomic E-state index is 0.0669. The monoisotopic (exact) mass is 908 g/mol. The fraction of sp³-hybridized carbons (Fsp3) is 0.462. The normalized spacial score (nSPS) is 20.7. The maximum atomic E-state index is 13.2. The quantitative estimate of drug-likeness (QED) is 0.0499. The topological polar surface area (TPSA) is 146 Å². The first-order chi connectivity index (χ1) is 30.6. The van der Waals surface area contributed by atoms with Gasteiger partial charge in [0.2, 0.25) is 0 Å². The lowest BCUT2D eigenvalue weighted by Crippen LogP contribution is -2.33. The summed E-state index contributed by atoms with van der Waals surface area (Å²) in [5.74, 6) is -1.97. The van der Waals surface area contributed by atoms with Crippen molar-refractivity contribution in [1.29, 1.82) is 0 Å². The summed E-state index contributed by atoms with van der Waals surface area (Å²) in [6, 6.07) is 35.7. The van der Waals surface area contributed by atoms with Gasteiger partial charge in [0.1, 0.15) is 24.7 Å². The van der Waals surface area contributed by atoms with Gasteiger partial charge in [-0.3, -0.25) is 19.2 Å². The highest BCUT2D eigenvalue weighted by Crippen LogP contribution is 2.41. The van der Waals surface area contributed by atoms with Crippen LogP contribution >= 0.6 is 0 Å². The third kappa shape index (κ3) is 15.1. The van der Waals surface area contributed by atoms with Crippen molar-refractivity contribution in [1.82, 2.24) is 0 Å². The fourth-order valence-corrected chi connectivity index (χ4v) is 9.75. The van der Waals surface area contributed by atoms with Crippen LogP contribution in [0, 0.1) is 35.5 Å². The van der Waals surface area contributed by atoms with Crippen molar-refractivity contribution < 1.29 is 48.3 Å². The van der Waals surface area contributed by atoms with E-state index in [1.54, 1.807) is 48.5 Å². The van der Waals surface area contributed by atoms with Crippen molar-refractivity contribution in [3.05, 3.63) is 131 Å². The summed E-state index contributed by atoms with van der Waals surface area (Å²) in [6.45, 7) is 14.8. The summed E-state index contributed by atoms with van der Waals surface area (Å²) in [5, 5.41) is 19.5. The number of aliphatic hydroxyl groups excluding tert-OH is 2. The largest absolute Gasteiger partial charge is 0.489 e. The van der Waals surface area contributed by atoms with Crippen molar-refractivity contribution in [2.24, 2.45) is 35.5 Å². The van der Waals surface area contributed by atoms with Gasteiger partial charge in [0, 0.05) is 52.3 Å². The summed E-state index contributed by atoms with van der Waals surface area (Å²) in [7, 11) is -2.64. The molecule has 4 aromatic rings. The van der Waals surface area contributed by atoms with Gasteiger partial charge in [-0.25, -0.2) is 0 Å². The Balaban J connectivity index is 0.000000241. The first kappa shape index (κ1) is 50.1. The first-order valence-electron chi connectivity index (χ1n) is 22.7. The molecule has 4 aromatic carbocycles. The number of aliphatic hydroxyl groups is 2. The van der Waals surface area contributed by atoms with Crippen LogP contribution in [-0.2, 0) is 32.3 Å². The lowest BCUT2D eigenvalue weighted by molar-refractivity contribution is -0.151. The molecule has 0 saturated heterocycles. The predicted molar refractivity (Wildman–Crippen MR) is 255 cm³/mol. The summed E-state index contributed by atoms with van der Waals surface area (Å²) in [5.41, 5.74) is 3.26. The first-order valence-corrected chi connectivity index (χ1v) is 30.2. The average Bonchev–Trinajstić information content (AvgIpc) is 3.93. The van der Waals surface area contributed by atoms with Crippen molar-refractivity contribution in [2.75, 3.05) is 26.4 Å². The lowest BCUT2D eigenvalue weighted by atomic mass is 9.84. The highest BCUT2D eigenvalue weighted by molar-refractivity contribution is 6.76. The SMILES string of the molecule is C[Si](C)(C)CCOC(=O)[C@@H]1[C@@H](CO)CC[C@H]1C(=O)c1ccc(OCc2ccccc2)cc1.C[Si](C)(C)CCOC(=O)[C@H]1[C@H](CO)CC[C@@H]1C(=O)c1ccc(OCc2ccccc2)cc1. The van der Waals surface area contributed by atoms with Gasteiger partial charge in [0.15, 0.2) is 11.6 Å². The zero-order valence-corrected chi connectivity index (χ0v) is 40.5. The number of benzene rings is 4. The second kappa shape index (κ2) is 23.9. The van der Waals surface area contributed by atoms with E-state index in [0.717, 1.165) is 23.2 Å². The molecule has 6 rings (SSSR count). The molecule has 0 heterocycles. The van der Waals surface area contributed by atoms with Crippen LogP contribution in [-0.4, -0.2) is 76.3 Å². The maximum absolute atomic E-state index is 13.2. The molecule has 0 spiro atoms. The number of hydrogen-bond donors (Lipinski definition) is 2. The van der Waals surface area contributed by atoms with Gasteiger partial charge in [0.25, 0.3) is 0 Å². The zero-order valence-electron chi connectivity index (χ0n) is 38.5. The number of rotatable bonds is 20. The van der Waals surface area contributed by atoms with Gasteiger partial charge < -0.3 is 29.2 Å². The number of ketones is 2. The van der Waals surface area contributed by atoms with E-state index in [4.69, 9.17) is 18.9 Å². The van der Waals surface area contributed by atoms with E-state index in [-0.39, 0.29) is 48.6 Å². The Morgan fingerprint density at radius 3 is 1.16 bits per heavy atom. The minimum Gasteiger partial charge on any atom is -0.489 e. The highest BCUT2D eigenvalue weighted by Gasteiger charge is 2.46.